The maximum Gasteiger partial charge on any atom is 0.414 e. The van der Waals surface area contributed by atoms with E-state index in [4.69, 9.17) is 11.3 Å². The lowest BCUT2D eigenvalue weighted by Crippen LogP contribution is -2.34. The van der Waals surface area contributed by atoms with Crippen molar-refractivity contribution in [1.82, 2.24) is 10.3 Å². The van der Waals surface area contributed by atoms with Crippen LogP contribution < -0.4 is 10.2 Å². The van der Waals surface area contributed by atoms with Crippen molar-refractivity contribution in [3.8, 4) is 0 Å². The third-order valence-corrected chi connectivity index (χ3v) is 5.90. The first-order valence-electron chi connectivity index (χ1n) is 8.68. The number of nitrogens with one attached hydrogen (secondary N) is 1. The van der Waals surface area contributed by atoms with Crippen LogP contribution in [0.15, 0.2) is 29.8 Å². The molecule has 1 aliphatic carbocycles. The minimum absolute atomic E-state index is 0.206. The molecule has 2 heterocycles. The van der Waals surface area contributed by atoms with E-state index in [0.717, 1.165) is 24.1 Å². The van der Waals surface area contributed by atoms with Crippen LogP contribution in [0.3, 0.4) is 0 Å². The van der Waals surface area contributed by atoms with Gasteiger partial charge in [0.05, 0.1) is 24.3 Å². The lowest BCUT2D eigenvalue weighted by atomic mass is 10.1. The number of aromatic nitrogens is 1. The van der Waals surface area contributed by atoms with Crippen LogP contribution in [-0.2, 0) is 10.3 Å². The first kappa shape index (κ1) is 17.5. The first-order valence-corrected chi connectivity index (χ1v) is 9.56. The molecule has 1 saturated carbocycles. The quantitative estimate of drug-likeness (QED) is 0.806. The van der Waals surface area contributed by atoms with Crippen LogP contribution in [0.25, 0.3) is 4.85 Å². The molecule has 0 radical (unpaired) electrons. The molecule has 4 rings (SSSR count). The standard InChI is InChI=1S/C19H18N4O3S/c1-12-16(27-11-22-12)17(24)21-9-15-10-23(18(25)26-15)14-5-3-13(4-6-14)19(20-2)7-8-19/h3-6,11,15H,7-10H2,1H3,(H,21,24). The molecule has 138 valence electrons. The maximum atomic E-state index is 12.2. The first-order chi connectivity index (χ1) is 13.0. The second-order valence-electron chi connectivity index (χ2n) is 6.78. The van der Waals surface area contributed by atoms with Crippen molar-refractivity contribution in [2.45, 2.75) is 31.4 Å². The normalized spacial score (nSPS) is 20.1. The largest absolute Gasteiger partial charge is 0.442 e. The second kappa shape index (κ2) is 6.67. The molecule has 2 aromatic rings. The fraction of sp³-hybridized carbons (Fsp3) is 0.368. The molecular formula is C19H18N4O3S. The Hall–Kier alpha value is -2.92. The van der Waals surface area contributed by atoms with Gasteiger partial charge in [-0.25, -0.2) is 16.4 Å². The van der Waals surface area contributed by atoms with Crippen molar-refractivity contribution in [3.63, 3.8) is 0 Å². The molecule has 1 N–H and O–H groups in total. The number of anilines is 1. The van der Waals surface area contributed by atoms with Gasteiger partial charge >= 0.3 is 6.09 Å². The Kier molecular flexibility index (Phi) is 4.32. The number of aryl methyl sites for hydroxylation is 1. The summed E-state index contributed by atoms with van der Waals surface area (Å²) in [6.07, 6.45) is 0.945. The molecule has 0 bridgehead atoms. The summed E-state index contributed by atoms with van der Waals surface area (Å²) in [5.41, 5.74) is 3.70. The maximum absolute atomic E-state index is 12.2. The highest BCUT2D eigenvalue weighted by atomic mass is 32.1. The van der Waals surface area contributed by atoms with Crippen LogP contribution in [0.5, 0.6) is 0 Å². The van der Waals surface area contributed by atoms with E-state index < -0.39 is 12.2 Å². The summed E-state index contributed by atoms with van der Waals surface area (Å²) in [6, 6.07) is 7.53. The van der Waals surface area contributed by atoms with Crippen LogP contribution in [-0.4, -0.2) is 36.2 Å². The Bertz CT molecular complexity index is 927. The number of nitrogens with zero attached hydrogens (tertiary/aromatic N) is 3. The number of amides is 2. The average molecular weight is 382 g/mol. The molecule has 1 saturated heterocycles. The lowest BCUT2D eigenvalue weighted by Gasteiger charge is -2.14. The molecule has 1 aromatic heterocycles. The summed E-state index contributed by atoms with van der Waals surface area (Å²) in [5, 5.41) is 2.80. The predicted octanol–water partition coefficient (Wildman–Crippen LogP) is 3.12. The third kappa shape index (κ3) is 3.26. The van der Waals surface area contributed by atoms with E-state index in [-0.39, 0.29) is 18.0 Å². The van der Waals surface area contributed by atoms with Gasteiger partial charge in [-0.1, -0.05) is 0 Å². The molecule has 1 aliphatic heterocycles. The molecule has 27 heavy (non-hydrogen) atoms. The smallest absolute Gasteiger partial charge is 0.414 e. The number of rotatable bonds is 5. The molecule has 7 nitrogen and oxygen atoms in total. The molecule has 0 spiro atoms. The Morgan fingerprint density at radius 3 is 2.78 bits per heavy atom. The van der Waals surface area contributed by atoms with Crippen LogP contribution in [0, 0.1) is 13.5 Å². The molecule has 1 atom stereocenters. The minimum atomic E-state index is -0.428. The number of carbonyl (C=O) groups is 2. The second-order valence-corrected chi connectivity index (χ2v) is 7.64. The minimum Gasteiger partial charge on any atom is -0.442 e. The topological polar surface area (TPSA) is 75.9 Å². The monoisotopic (exact) mass is 382 g/mol. The van der Waals surface area contributed by atoms with Crippen molar-refractivity contribution >= 4 is 29.0 Å². The van der Waals surface area contributed by atoms with Gasteiger partial charge in [-0.15, -0.1) is 11.3 Å². The van der Waals surface area contributed by atoms with E-state index in [1.165, 1.54) is 11.3 Å². The molecule has 1 aromatic carbocycles. The van der Waals surface area contributed by atoms with E-state index in [0.29, 0.717) is 17.1 Å². The number of benzene rings is 1. The zero-order valence-corrected chi connectivity index (χ0v) is 15.6. The number of hydrogen-bond acceptors (Lipinski definition) is 5. The molecule has 2 aliphatic rings. The zero-order chi connectivity index (χ0) is 19.0. The SMILES string of the molecule is [C-]#[N+]C1(c2ccc(N3CC(CNC(=O)c4scnc4C)OC3=O)cc2)CC1. The lowest BCUT2D eigenvalue weighted by molar-refractivity contribution is 0.0919. The van der Waals surface area contributed by atoms with Crippen molar-refractivity contribution in [1.29, 1.82) is 0 Å². The fourth-order valence-electron chi connectivity index (χ4n) is 3.18. The molecule has 2 amide bonds. The van der Waals surface area contributed by atoms with Gasteiger partial charge in [-0.05, 0) is 31.2 Å². The Balaban J connectivity index is 1.37. The number of ether oxygens (including phenoxy) is 1. The van der Waals surface area contributed by atoms with Crippen molar-refractivity contribution < 1.29 is 14.3 Å². The van der Waals surface area contributed by atoms with Crippen LogP contribution in [0.2, 0.25) is 0 Å². The zero-order valence-electron chi connectivity index (χ0n) is 14.8. The van der Waals surface area contributed by atoms with Crippen LogP contribution in [0.4, 0.5) is 10.5 Å². The fourth-order valence-corrected chi connectivity index (χ4v) is 3.90. The number of carbonyl (C=O) groups excluding carboxylic acids is 2. The van der Waals surface area contributed by atoms with Gasteiger partial charge in [0, 0.05) is 24.1 Å². The number of hydrogen-bond donors (Lipinski definition) is 1. The van der Waals surface area contributed by atoms with Crippen LogP contribution in [0.1, 0.15) is 33.8 Å². The highest BCUT2D eigenvalue weighted by Gasteiger charge is 2.52. The molecule has 8 heteroatoms. The van der Waals surface area contributed by atoms with Crippen molar-refractivity contribution in [3.05, 3.63) is 57.3 Å². The van der Waals surface area contributed by atoms with Crippen molar-refractivity contribution in [2.75, 3.05) is 18.0 Å². The van der Waals surface area contributed by atoms with Gasteiger partial charge in [-0.3, -0.25) is 9.69 Å². The summed E-state index contributed by atoms with van der Waals surface area (Å²) < 4.78 is 5.37. The van der Waals surface area contributed by atoms with Gasteiger partial charge in [0.25, 0.3) is 11.4 Å². The van der Waals surface area contributed by atoms with Gasteiger partial charge in [0.2, 0.25) is 0 Å². The summed E-state index contributed by atoms with van der Waals surface area (Å²) in [6.45, 7) is 9.73. The number of thiazole rings is 1. The average Bonchev–Trinajstić information content (AvgIpc) is 3.23. The third-order valence-electron chi connectivity index (χ3n) is 4.97. The van der Waals surface area contributed by atoms with E-state index in [2.05, 4.69) is 15.1 Å². The van der Waals surface area contributed by atoms with E-state index in [9.17, 15) is 9.59 Å². The van der Waals surface area contributed by atoms with Crippen LogP contribution >= 0.6 is 11.3 Å². The highest BCUT2D eigenvalue weighted by molar-refractivity contribution is 7.11. The van der Waals surface area contributed by atoms with E-state index in [1.54, 1.807) is 17.3 Å². The van der Waals surface area contributed by atoms with Crippen molar-refractivity contribution in [2.24, 2.45) is 0 Å². The Morgan fingerprint density at radius 2 is 2.19 bits per heavy atom. The molecule has 1 unspecified atom stereocenters. The molecular weight excluding hydrogens is 364 g/mol. The van der Waals surface area contributed by atoms with Gasteiger partial charge in [0.1, 0.15) is 11.0 Å². The summed E-state index contributed by atoms with van der Waals surface area (Å²) in [7, 11) is 0. The van der Waals surface area contributed by atoms with Gasteiger partial charge in [0.15, 0.2) is 0 Å². The van der Waals surface area contributed by atoms with E-state index >= 15 is 0 Å². The summed E-state index contributed by atoms with van der Waals surface area (Å²) in [5.74, 6) is -0.206. The van der Waals surface area contributed by atoms with Gasteiger partial charge < -0.3 is 14.9 Å². The highest BCUT2D eigenvalue weighted by Crippen LogP contribution is 2.49. The summed E-state index contributed by atoms with van der Waals surface area (Å²) >= 11 is 1.29. The number of cyclic esters (lactones) is 1. The summed E-state index contributed by atoms with van der Waals surface area (Å²) in [4.78, 5) is 34.3. The van der Waals surface area contributed by atoms with Gasteiger partial charge in [-0.2, -0.15) is 0 Å². The molecule has 2 fully saturated rings. The predicted molar refractivity (Wildman–Crippen MR) is 101 cm³/mol. The Morgan fingerprint density at radius 1 is 1.44 bits per heavy atom. The Labute approximate surface area is 160 Å². The van der Waals surface area contributed by atoms with E-state index in [1.807, 2.05) is 24.3 Å².